The molecule has 0 amide bonds. The van der Waals surface area contributed by atoms with E-state index >= 15 is 0 Å². The second-order valence-electron chi connectivity index (χ2n) is 2.95. The van der Waals surface area contributed by atoms with E-state index in [2.05, 4.69) is 15.3 Å². The van der Waals surface area contributed by atoms with E-state index in [1.54, 1.807) is 4.52 Å². The monoisotopic (exact) mass is 445 g/mol. The number of aryl methyl sites for hydroxylation is 2. The van der Waals surface area contributed by atoms with Crippen molar-refractivity contribution in [2.75, 3.05) is 0 Å². The molecule has 3 radical (unpaired) electrons. The zero-order chi connectivity index (χ0) is 9.42. The van der Waals surface area contributed by atoms with Gasteiger partial charge in [-0.1, -0.05) is 0 Å². The predicted octanol–water partition coefficient (Wildman–Crippen LogP) is 0.226. The molecule has 16 heavy (non-hydrogen) atoms. The van der Waals surface area contributed by atoms with Crippen LogP contribution in [0.2, 0.25) is 0 Å². The van der Waals surface area contributed by atoms with Gasteiger partial charge in [0, 0.05) is 98.1 Å². The van der Waals surface area contributed by atoms with Gasteiger partial charge in [0.15, 0.2) is 11.5 Å². The van der Waals surface area contributed by atoms with E-state index in [9.17, 15) is 0 Å². The van der Waals surface area contributed by atoms with Crippen molar-refractivity contribution < 1.29 is 103 Å². The molecule has 0 aliphatic heterocycles. The Hall–Kier alpha value is 1.82. The summed E-state index contributed by atoms with van der Waals surface area (Å²) in [7, 11) is 0. The number of aliphatic hydroxyl groups excluding tert-OH is 1. The fraction of sp³-hybridized carbons (Fsp3) is 0.375. The van der Waals surface area contributed by atoms with E-state index in [1.807, 2.05) is 19.9 Å². The Balaban J connectivity index is 0. The normalized spacial score (nSPS) is 8.94. The van der Waals surface area contributed by atoms with Crippen molar-refractivity contribution in [3.05, 3.63) is 23.1 Å². The van der Waals surface area contributed by atoms with Crippen molar-refractivity contribution in [2.24, 2.45) is 0 Å². The van der Waals surface area contributed by atoms with Crippen LogP contribution in [0, 0.1) is 13.8 Å². The molecule has 0 aromatic carbocycles. The van der Waals surface area contributed by atoms with Crippen LogP contribution >= 0.6 is 0 Å². The Labute approximate surface area is 169 Å². The summed E-state index contributed by atoms with van der Waals surface area (Å²) in [4.78, 5) is 0. The minimum atomic E-state index is -0.0562. The van der Waals surface area contributed by atoms with Crippen LogP contribution in [-0.4, -0.2) is 24.9 Å². The third kappa shape index (κ3) is 4.18. The van der Waals surface area contributed by atoms with Crippen molar-refractivity contribution in [3.8, 4) is 0 Å². The van der Waals surface area contributed by atoms with E-state index in [0.717, 1.165) is 11.4 Å². The number of nitrogens with zero attached hydrogens (tertiary/aromatic N) is 4. The number of hydrogen-bond acceptors (Lipinski definition) is 4. The van der Waals surface area contributed by atoms with Gasteiger partial charge < -0.3 is 5.11 Å². The predicted molar refractivity (Wildman–Crippen MR) is 46.2 cm³/mol. The molecule has 0 spiro atoms. The number of aliphatic hydroxyl groups is 1. The minimum absolute atomic E-state index is 0. The van der Waals surface area contributed by atoms with Gasteiger partial charge in [-0.15, -0.1) is 10.2 Å². The summed E-state index contributed by atoms with van der Waals surface area (Å²) < 4.78 is 1.62. The number of rotatable bonds is 1. The third-order valence-corrected chi connectivity index (χ3v) is 1.99. The van der Waals surface area contributed by atoms with Gasteiger partial charge in [-0.25, -0.2) is 0 Å². The Morgan fingerprint density at radius 1 is 1.19 bits per heavy atom. The molecule has 0 saturated heterocycles. The van der Waals surface area contributed by atoms with E-state index in [0.29, 0.717) is 11.3 Å². The smallest absolute Gasteiger partial charge is 0.178 e. The second-order valence-corrected chi connectivity index (χ2v) is 2.95. The molecule has 0 fully saturated rings. The average Bonchev–Trinajstić information content (AvgIpc) is 2.46. The van der Waals surface area contributed by atoms with Gasteiger partial charge >= 0.3 is 0 Å². The van der Waals surface area contributed by atoms with Crippen LogP contribution in [0.5, 0.6) is 0 Å². The zero-order valence-electron chi connectivity index (χ0n) is 9.25. The average molecular weight is 445 g/mol. The Morgan fingerprint density at radius 2 is 1.81 bits per heavy atom. The molecule has 1 N–H and O–H groups in total. The number of aromatic nitrogens is 4. The molecule has 0 atom stereocenters. The molecule has 5 nitrogen and oxygen atoms in total. The van der Waals surface area contributed by atoms with Gasteiger partial charge in [0.2, 0.25) is 0 Å². The van der Waals surface area contributed by atoms with E-state index < -0.39 is 0 Å². The van der Waals surface area contributed by atoms with E-state index in [4.69, 9.17) is 5.11 Å². The van der Waals surface area contributed by atoms with E-state index in [1.165, 1.54) is 0 Å². The summed E-state index contributed by atoms with van der Waals surface area (Å²) in [6.45, 7) is 3.66. The molecule has 0 saturated carbocycles. The van der Waals surface area contributed by atoms with Crippen molar-refractivity contribution in [1.29, 1.82) is 0 Å². The summed E-state index contributed by atoms with van der Waals surface area (Å²) in [5, 5.41) is 21.0. The topological polar surface area (TPSA) is 63.3 Å². The third-order valence-electron chi connectivity index (χ3n) is 1.99. The molecular formula is C8H10N4OY3. The molecule has 2 heterocycles. The van der Waals surface area contributed by atoms with Crippen LogP contribution in [0.3, 0.4) is 0 Å². The van der Waals surface area contributed by atoms with E-state index in [-0.39, 0.29) is 105 Å². The molecule has 8 heteroatoms. The van der Waals surface area contributed by atoms with Gasteiger partial charge in [0.05, 0.1) is 12.3 Å². The first-order valence-electron chi connectivity index (χ1n) is 4.02. The van der Waals surface area contributed by atoms with Crippen LogP contribution in [-0.2, 0) is 105 Å². The fourth-order valence-electron chi connectivity index (χ4n) is 1.22. The fourth-order valence-corrected chi connectivity index (χ4v) is 1.22. The standard InChI is InChI=1S/C8H10N4O.3Y/c1-5-3-8-10-9-6(2)12(8)11-7(5)4-13;;;/h3,13H,4H2,1-2H3;;;. The van der Waals surface area contributed by atoms with Crippen LogP contribution < -0.4 is 0 Å². The van der Waals surface area contributed by atoms with Gasteiger partial charge in [0.1, 0.15) is 0 Å². The molecule has 0 aliphatic rings. The molecular weight excluding hydrogens is 435 g/mol. The summed E-state index contributed by atoms with van der Waals surface area (Å²) in [5.74, 6) is 0.727. The Morgan fingerprint density at radius 3 is 2.38 bits per heavy atom. The maximum Gasteiger partial charge on any atom is 0.178 e. The summed E-state index contributed by atoms with van der Waals surface area (Å²) in [6.07, 6.45) is 0. The van der Waals surface area contributed by atoms with Crippen LogP contribution in [0.25, 0.3) is 5.65 Å². The molecule has 2 aromatic rings. The summed E-state index contributed by atoms with van der Waals surface area (Å²) in [5.41, 5.74) is 2.31. The number of fused-ring (bicyclic) bond motifs is 1. The van der Waals surface area contributed by atoms with Gasteiger partial charge in [0.25, 0.3) is 0 Å². The van der Waals surface area contributed by atoms with Crippen molar-refractivity contribution in [2.45, 2.75) is 20.5 Å². The Bertz CT molecular complexity index is 460. The molecule has 0 bridgehead atoms. The van der Waals surface area contributed by atoms with Crippen molar-refractivity contribution in [1.82, 2.24) is 19.8 Å². The number of hydrogen-bond donors (Lipinski definition) is 1. The molecule has 0 aliphatic carbocycles. The van der Waals surface area contributed by atoms with Gasteiger partial charge in [-0.05, 0) is 25.5 Å². The molecule has 77 valence electrons. The quantitative estimate of drug-likeness (QED) is 0.684. The van der Waals surface area contributed by atoms with Gasteiger partial charge in [-0.3, -0.25) is 0 Å². The van der Waals surface area contributed by atoms with Crippen molar-refractivity contribution >= 4 is 5.65 Å². The first kappa shape index (κ1) is 20.1. The first-order chi connectivity index (χ1) is 6.22. The van der Waals surface area contributed by atoms with Crippen molar-refractivity contribution in [3.63, 3.8) is 0 Å². The first-order valence-corrected chi connectivity index (χ1v) is 4.02. The van der Waals surface area contributed by atoms with Crippen LogP contribution in [0.4, 0.5) is 0 Å². The summed E-state index contributed by atoms with van der Waals surface area (Å²) in [6, 6.07) is 1.86. The van der Waals surface area contributed by atoms with Crippen LogP contribution in [0.1, 0.15) is 17.1 Å². The maximum atomic E-state index is 8.99. The second kappa shape index (κ2) is 8.84. The molecule has 2 rings (SSSR count). The largest absolute Gasteiger partial charge is 0.390 e. The summed E-state index contributed by atoms with van der Waals surface area (Å²) >= 11 is 0. The SMILES string of the molecule is Cc1cc2nnc(C)n2nc1CO.[Y].[Y].[Y]. The molecule has 0 unspecified atom stereocenters. The van der Waals surface area contributed by atoms with Gasteiger partial charge in [-0.2, -0.15) is 9.61 Å². The molecule has 2 aromatic heterocycles. The maximum absolute atomic E-state index is 8.99. The minimum Gasteiger partial charge on any atom is -0.390 e. The Kier molecular flexibility index (Phi) is 11.1. The van der Waals surface area contributed by atoms with Crippen LogP contribution in [0.15, 0.2) is 6.07 Å². The zero-order valence-corrected chi connectivity index (χ0v) is 17.8.